The summed E-state index contributed by atoms with van der Waals surface area (Å²) in [5, 5.41) is 0. The van der Waals surface area contributed by atoms with Gasteiger partial charge in [0.15, 0.2) is 12.4 Å². The molecule has 0 aliphatic heterocycles. The Hall–Kier alpha value is -2.47. The Morgan fingerprint density at radius 1 is 1.17 bits per heavy atom. The first kappa shape index (κ1) is 16.9. The fourth-order valence-corrected chi connectivity index (χ4v) is 2.17. The Morgan fingerprint density at radius 2 is 1.87 bits per heavy atom. The van der Waals surface area contributed by atoms with Crippen LogP contribution >= 0.6 is 15.9 Å². The van der Waals surface area contributed by atoms with Crippen molar-refractivity contribution in [2.75, 3.05) is 6.61 Å². The molecule has 0 heterocycles. The van der Waals surface area contributed by atoms with Crippen molar-refractivity contribution in [2.45, 2.75) is 0 Å². The van der Waals surface area contributed by atoms with Crippen molar-refractivity contribution in [3.05, 3.63) is 70.0 Å². The van der Waals surface area contributed by atoms with E-state index in [0.717, 1.165) is 0 Å². The van der Waals surface area contributed by atoms with Crippen molar-refractivity contribution in [3.63, 3.8) is 0 Å². The summed E-state index contributed by atoms with van der Waals surface area (Å²) in [4.78, 5) is 23.1. The van der Waals surface area contributed by atoms with Crippen molar-refractivity contribution in [3.8, 4) is 5.75 Å². The van der Waals surface area contributed by atoms with Crippen LogP contribution in [0.5, 0.6) is 5.75 Å². The highest BCUT2D eigenvalue weighted by Crippen LogP contribution is 2.24. The van der Waals surface area contributed by atoms with Gasteiger partial charge < -0.3 is 10.5 Å². The highest BCUT2D eigenvalue weighted by Gasteiger charge is 2.12. The van der Waals surface area contributed by atoms with Gasteiger partial charge in [0, 0.05) is 4.47 Å². The van der Waals surface area contributed by atoms with Crippen molar-refractivity contribution >= 4 is 33.7 Å². The predicted octanol–water partition coefficient (Wildman–Crippen LogP) is 3.35. The minimum absolute atomic E-state index is 0.265. The van der Waals surface area contributed by atoms with E-state index in [1.165, 1.54) is 18.2 Å². The molecule has 0 spiro atoms. The number of ketones is 1. The molecule has 2 aromatic rings. The van der Waals surface area contributed by atoms with E-state index in [4.69, 9.17) is 10.5 Å². The van der Waals surface area contributed by atoms with E-state index in [1.807, 2.05) is 0 Å². The predicted molar refractivity (Wildman–Crippen MR) is 88.6 cm³/mol. The summed E-state index contributed by atoms with van der Waals surface area (Å²) in [5.41, 5.74) is 6.02. The zero-order chi connectivity index (χ0) is 16.8. The Bertz CT molecular complexity index is 757. The van der Waals surface area contributed by atoms with Gasteiger partial charge >= 0.3 is 0 Å². The molecule has 0 saturated heterocycles. The van der Waals surface area contributed by atoms with E-state index >= 15 is 0 Å². The average molecular weight is 378 g/mol. The third-order valence-electron chi connectivity index (χ3n) is 2.87. The third-order valence-corrected chi connectivity index (χ3v) is 3.37. The van der Waals surface area contributed by atoms with Gasteiger partial charge in [-0.25, -0.2) is 4.39 Å². The van der Waals surface area contributed by atoms with Crippen LogP contribution in [-0.4, -0.2) is 18.3 Å². The fraction of sp³-hybridized carbons (Fsp3) is 0.0588. The maximum atomic E-state index is 12.8. The minimum atomic E-state index is -0.631. The lowest BCUT2D eigenvalue weighted by Gasteiger charge is -2.08. The van der Waals surface area contributed by atoms with Crippen molar-refractivity contribution in [1.29, 1.82) is 0 Å². The summed E-state index contributed by atoms with van der Waals surface area (Å²) in [7, 11) is 0. The lowest BCUT2D eigenvalue weighted by atomic mass is 10.1. The molecule has 0 radical (unpaired) electrons. The number of rotatable bonds is 6. The van der Waals surface area contributed by atoms with Gasteiger partial charge in [-0.05, 0) is 42.0 Å². The van der Waals surface area contributed by atoms with Crippen LogP contribution in [0.15, 0.2) is 53.0 Å². The second-order valence-corrected chi connectivity index (χ2v) is 5.56. The molecule has 0 saturated carbocycles. The molecule has 0 atom stereocenters. The van der Waals surface area contributed by atoms with Crippen LogP contribution in [0.2, 0.25) is 0 Å². The summed E-state index contributed by atoms with van der Waals surface area (Å²) in [6.45, 7) is -0.316. The molecule has 2 aromatic carbocycles. The van der Waals surface area contributed by atoms with Crippen molar-refractivity contribution < 1.29 is 18.7 Å². The lowest BCUT2D eigenvalue weighted by Crippen LogP contribution is -2.20. The van der Waals surface area contributed by atoms with Gasteiger partial charge in [-0.3, -0.25) is 9.59 Å². The summed E-state index contributed by atoms with van der Waals surface area (Å²) < 4.78 is 18.8. The summed E-state index contributed by atoms with van der Waals surface area (Å²) in [6.07, 6.45) is 2.92. The van der Waals surface area contributed by atoms with E-state index in [0.29, 0.717) is 15.6 Å². The first-order chi connectivity index (χ1) is 11.0. The van der Waals surface area contributed by atoms with Crippen LogP contribution in [0.1, 0.15) is 15.9 Å². The van der Waals surface area contributed by atoms with Crippen LogP contribution < -0.4 is 10.5 Å². The Balaban J connectivity index is 2.21. The standard InChI is InChI=1S/C17H13BrFNO3/c18-12-4-8-16(23-10-17(20)22)14(9-12)15(21)7-3-11-1-5-13(19)6-2-11/h1-9H,10H2,(H2,20,22)/b7-3+. The molecule has 4 nitrogen and oxygen atoms in total. The number of primary amides is 1. The highest BCUT2D eigenvalue weighted by atomic mass is 79.9. The van der Waals surface area contributed by atoms with Gasteiger partial charge in [0.2, 0.25) is 0 Å². The van der Waals surface area contributed by atoms with Gasteiger partial charge in [-0.1, -0.05) is 34.1 Å². The molecule has 23 heavy (non-hydrogen) atoms. The molecular weight excluding hydrogens is 365 g/mol. The zero-order valence-corrected chi connectivity index (χ0v) is 13.5. The minimum Gasteiger partial charge on any atom is -0.483 e. The molecule has 2 N–H and O–H groups in total. The maximum Gasteiger partial charge on any atom is 0.255 e. The lowest BCUT2D eigenvalue weighted by molar-refractivity contribution is -0.119. The molecule has 2 rings (SSSR count). The molecule has 0 unspecified atom stereocenters. The number of amides is 1. The van der Waals surface area contributed by atoms with Gasteiger partial charge in [0.25, 0.3) is 5.91 Å². The molecular formula is C17H13BrFNO3. The molecule has 118 valence electrons. The number of hydrogen-bond acceptors (Lipinski definition) is 3. The number of allylic oxidation sites excluding steroid dienone is 1. The van der Waals surface area contributed by atoms with E-state index in [-0.39, 0.29) is 24.0 Å². The van der Waals surface area contributed by atoms with Crippen LogP contribution in [0.3, 0.4) is 0 Å². The summed E-state index contributed by atoms with van der Waals surface area (Å²) in [6, 6.07) is 10.6. The van der Waals surface area contributed by atoms with Crippen LogP contribution in [-0.2, 0) is 4.79 Å². The smallest absolute Gasteiger partial charge is 0.255 e. The number of carbonyl (C=O) groups is 2. The second-order valence-electron chi connectivity index (χ2n) is 4.64. The Kier molecular flexibility index (Phi) is 5.65. The first-order valence-electron chi connectivity index (χ1n) is 6.64. The quantitative estimate of drug-likeness (QED) is 0.619. The number of carbonyl (C=O) groups excluding carboxylic acids is 2. The van der Waals surface area contributed by atoms with Crippen molar-refractivity contribution in [2.24, 2.45) is 5.73 Å². The monoisotopic (exact) mass is 377 g/mol. The molecule has 1 amide bonds. The van der Waals surface area contributed by atoms with Gasteiger partial charge in [0.05, 0.1) is 5.56 Å². The summed E-state index contributed by atoms with van der Waals surface area (Å²) >= 11 is 3.28. The number of nitrogens with two attached hydrogens (primary N) is 1. The number of ether oxygens (including phenoxy) is 1. The highest BCUT2D eigenvalue weighted by molar-refractivity contribution is 9.10. The van der Waals surface area contributed by atoms with Crippen molar-refractivity contribution in [1.82, 2.24) is 0 Å². The Morgan fingerprint density at radius 3 is 2.52 bits per heavy atom. The SMILES string of the molecule is NC(=O)COc1ccc(Br)cc1C(=O)/C=C/c1ccc(F)cc1. The number of hydrogen-bond donors (Lipinski definition) is 1. The molecule has 0 aliphatic carbocycles. The molecule has 0 fully saturated rings. The van der Waals surface area contributed by atoms with Crippen LogP contribution in [0.4, 0.5) is 4.39 Å². The van der Waals surface area contributed by atoms with E-state index in [9.17, 15) is 14.0 Å². The third kappa shape index (κ3) is 5.03. The van der Waals surface area contributed by atoms with Gasteiger partial charge in [0.1, 0.15) is 11.6 Å². The van der Waals surface area contributed by atoms with Crippen LogP contribution in [0, 0.1) is 5.82 Å². The first-order valence-corrected chi connectivity index (χ1v) is 7.43. The normalized spacial score (nSPS) is 10.7. The topological polar surface area (TPSA) is 69.4 Å². The van der Waals surface area contributed by atoms with Crippen LogP contribution in [0.25, 0.3) is 6.08 Å². The van der Waals surface area contributed by atoms with Gasteiger partial charge in [-0.2, -0.15) is 0 Å². The number of benzene rings is 2. The zero-order valence-electron chi connectivity index (χ0n) is 12.0. The molecule has 0 bridgehead atoms. The molecule has 6 heteroatoms. The van der Waals surface area contributed by atoms with E-state index in [1.54, 1.807) is 36.4 Å². The number of halogens is 2. The fourth-order valence-electron chi connectivity index (χ4n) is 1.81. The van der Waals surface area contributed by atoms with E-state index in [2.05, 4.69) is 15.9 Å². The second kappa shape index (κ2) is 7.69. The largest absolute Gasteiger partial charge is 0.483 e. The molecule has 0 aromatic heterocycles. The maximum absolute atomic E-state index is 12.8. The van der Waals surface area contributed by atoms with E-state index < -0.39 is 5.91 Å². The summed E-state index contributed by atoms with van der Waals surface area (Å²) in [5.74, 6) is -1.02. The van der Waals surface area contributed by atoms with Gasteiger partial charge in [-0.15, -0.1) is 0 Å². The molecule has 0 aliphatic rings. The average Bonchev–Trinajstić information content (AvgIpc) is 2.52. The Labute approximate surface area is 140 Å².